The first-order valence-corrected chi connectivity index (χ1v) is 5.46. The number of halogens is 3. The number of aryl methyl sites for hydroxylation is 1. The van der Waals surface area contributed by atoms with Gasteiger partial charge in [-0.3, -0.25) is 4.79 Å². The molecule has 0 radical (unpaired) electrons. The molecule has 100 valence electrons. The Balaban J connectivity index is 2.10. The molecule has 1 heterocycles. The van der Waals surface area contributed by atoms with Gasteiger partial charge in [0.05, 0.1) is 12.1 Å². The van der Waals surface area contributed by atoms with Crippen molar-refractivity contribution >= 4 is 5.91 Å². The fourth-order valence-corrected chi connectivity index (χ4v) is 1.54. The van der Waals surface area contributed by atoms with Gasteiger partial charge in [-0.15, -0.1) is 0 Å². The highest BCUT2D eigenvalue weighted by molar-refractivity contribution is 5.94. The third-order valence-corrected chi connectivity index (χ3v) is 2.50. The second-order valence-electron chi connectivity index (χ2n) is 3.92. The Morgan fingerprint density at radius 2 is 1.89 bits per heavy atom. The van der Waals surface area contributed by atoms with Crippen LogP contribution in [0.15, 0.2) is 28.7 Å². The third-order valence-electron chi connectivity index (χ3n) is 2.50. The van der Waals surface area contributed by atoms with E-state index in [-0.39, 0.29) is 6.54 Å². The average molecular weight is 269 g/mol. The summed E-state index contributed by atoms with van der Waals surface area (Å²) in [6, 6.07) is 4.94. The Kier molecular flexibility index (Phi) is 3.59. The Labute approximate surface area is 107 Å². The van der Waals surface area contributed by atoms with Gasteiger partial charge in [0.15, 0.2) is 17.5 Å². The first kappa shape index (κ1) is 13.2. The van der Waals surface area contributed by atoms with E-state index in [4.69, 9.17) is 4.42 Å². The number of hydrogen-bond donors (Lipinski definition) is 1. The molecule has 6 heteroatoms. The number of hydrogen-bond acceptors (Lipinski definition) is 2. The van der Waals surface area contributed by atoms with Crippen LogP contribution in [0.4, 0.5) is 13.2 Å². The summed E-state index contributed by atoms with van der Waals surface area (Å²) < 4.78 is 44.2. The van der Waals surface area contributed by atoms with E-state index in [1.807, 2.05) is 0 Å². The summed E-state index contributed by atoms with van der Waals surface area (Å²) in [5, 5.41) is 2.35. The summed E-state index contributed by atoms with van der Waals surface area (Å²) in [6.07, 6.45) is 0. The molecule has 19 heavy (non-hydrogen) atoms. The van der Waals surface area contributed by atoms with Crippen LogP contribution in [0.3, 0.4) is 0 Å². The van der Waals surface area contributed by atoms with Gasteiger partial charge in [-0.25, -0.2) is 13.2 Å². The van der Waals surface area contributed by atoms with Crippen LogP contribution in [0.25, 0.3) is 0 Å². The summed E-state index contributed by atoms with van der Waals surface area (Å²) in [5.74, 6) is -4.20. The maximum atomic E-state index is 13.3. The molecule has 2 aromatic rings. The minimum Gasteiger partial charge on any atom is -0.465 e. The second kappa shape index (κ2) is 5.17. The molecule has 0 aliphatic heterocycles. The van der Waals surface area contributed by atoms with Crippen molar-refractivity contribution in [2.45, 2.75) is 13.5 Å². The van der Waals surface area contributed by atoms with Crippen molar-refractivity contribution in [2.24, 2.45) is 0 Å². The molecule has 0 aliphatic carbocycles. The topological polar surface area (TPSA) is 42.2 Å². The minimum atomic E-state index is -1.67. The molecule has 0 fully saturated rings. The molecule has 1 aromatic heterocycles. The van der Waals surface area contributed by atoms with Crippen LogP contribution >= 0.6 is 0 Å². The number of benzene rings is 1. The number of furan rings is 1. The zero-order valence-electron chi connectivity index (χ0n) is 9.97. The van der Waals surface area contributed by atoms with Gasteiger partial charge < -0.3 is 9.73 Å². The number of rotatable bonds is 3. The number of carbonyl (C=O) groups excluding carboxylic acids is 1. The van der Waals surface area contributed by atoms with Gasteiger partial charge in [0.2, 0.25) is 0 Å². The SMILES string of the molecule is Cc1ccc(CNC(=O)c2ccc(F)c(F)c2F)o1. The third kappa shape index (κ3) is 2.78. The van der Waals surface area contributed by atoms with Gasteiger partial charge in [-0.1, -0.05) is 0 Å². The first-order chi connectivity index (χ1) is 8.99. The van der Waals surface area contributed by atoms with Crippen molar-refractivity contribution in [1.82, 2.24) is 5.32 Å². The van der Waals surface area contributed by atoms with Crippen molar-refractivity contribution in [3.8, 4) is 0 Å². The number of carbonyl (C=O) groups is 1. The molecule has 0 bridgehead atoms. The number of nitrogens with one attached hydrogen (secondary N) is 1. The van der Waals surface area contributed by atoms with E-state index in [9.17, 15) is 18.0 Å². The molecule has 0 atom stereocenters. The molecule has 0 saturated carbocycles. The standard InChI is InChI=1S/C13H10F3NO2/c1-7-2-3-8(19-7)6-17-13(18)9-4-5-10(14)12(16)11(9)15/h2-5H,6H2,1H3,(H,17,18). The highest BCUT2D eigenvalue weighted by atomic mass is 19.2. The van der Waals surface area contributed by atoms with E-state index in [2.05, 4.69) is 5.32 Å². The molecule has 3 nitrogen and oxygen atoms in total. The summed E-state index contributed by atoms with van der Waals surface area (Å²) in [4.78, 5) is 11.6. The largest absolute Gasteiger partial charge is 0.465 e. The molecule has 1 aromatic carbocycles. The Hall–Kier alpha value is -2.24. The highest BCUT2D eigenvalue weighted by Gasteiger charge is 2.18. The van der Waals surface area contributed by atoms with E-state index >= 15 is 0 Å². The molecule has 0 spiro atoms. The molecule has 2 rings (SSSR count). The van der Waals surface area contributed by atoms with Crippen LogP contribution in [0, 0.1) is 24.4 Å². The zero-order chi connectivity index (χ0) is 14.0. The average Bonchev–Trinajstić information content (AvgIpc) is 2.79. The predicted octanol–water partition coefficient (Wildman–Crippen LogP) is 2.94. The molecule has 0 saturated heterocycles. The normalized spacial score (nSPS) is 10.5. The highest BCUT2D eigenvalue weighted by Crippen LogP contribution is 2.15. The monoisotopic (exact) mass is 269 g/mol. The molecule has 1 amide bonds. The Morgan fingerprint density at radius 3 is 2.53 bits per heavy atom. The van der Waals surface area contributed by atoms with Crippen molar-refractivity contribution < 1.29 is 22.4 Å². The maximum Gasteiger partial charge on any atom is 0.254 e. The Bertz CT molecular complexity index is 622. The van der Waals surface area contributed by atoms with Gasteiger partial charge in [0.1, 0.15) is 11.5 Å². The van der Waals surface area contributed by atoms with Gasteiger partial charge in [0, 0.05) is 0 Å². The van der Waals surface area contributed by atoms with Gasteiger partial charge in [-0.2, -0.15) is 0 Å². The van der Waals surface area contributed by atoms with Gasteiger partial charge >= 0.3 is 0 Å². The van der Waals surface area contributed by atoms with Crippen molar-refractivity contribution in [1.29, 1.82) is 0 Å². The lowest BCUT2D eigenvalue weighted by atomic mass is 10.2. The number of amides is 1. The molecular weight excluding hydrogens is 259 g/mol. The van der Waals surface area contributed by atoms with E-state index < -0.39 is 28.9 Å². The van der Waals surface area contributed by atoms with Crippen LogP contribution in [-0.2, 0) is 6.54 Å². The van der Waals surface area contributed by atoms with Crippen molar-refractivity contribution in [3.63, 3.8) is 0 Å². The maximum absolute atomic E-state index is 13.3. The minimum absolute atomic E-state index is 0.0328. The summed E-state index contributed by atoms with van der Waals surface area (Å²) in [7, 11) is 0. The zero-order valence-corrected chi connectivity index (χ0v) is 9.97. The Morgan fingerprint density at radius 1 is 1.16 bits per heavy atom. The first-order valence-electron chi connectivity index (χ1n) is 5.46. The fourth-order valence-electron chi connectivity index (χ4n) is 1.54. The lowest BCUT2D eigenvalue weighted by Gasteiger charge is -2.05. The molecular formula is C13H10F3NO2. The lowest BCUT2D eigenvalue weighted by Crippen LogP contribution is -2.24. The predicted molar refractivity (Wildman–Crippen MR) is 60.9 cm³/mol. The van der Waals surface area contributed by atoms with Crippen LogP contribution in [0.5, 0.6) is 0 Å². The fraction of sp³-hybridized carbons (Fsp3) is 0.154. The molecule has 1 N–H and O–H groups in total. The van der Waals surface area contributed by atoms with Crippen molar-refractivity contribution in [2.75, 3.05) is 0 Å². The van der Waals surface area contributed by atoms with Crippen LogP contribution in [0.1, 0.15) is 21.9 Å². The second-order valence-corrected chi connectivity index (χ2v) is 3.92. The van der Waals surface area contributed by atoms with Crippen LogP contribution in [-0.4, -0.2) is 5.91 Å². The van der Waals surface area contributed by atoms with E-state index in [1.54, 1.807) is 19.1 Å². The smallest absolute Gasteiger partial charge is 0.254 e. The quantitative estimate of drug-likeness (QED) is 0.870. The van der Waals surface area contributed by atoms with Crippen LogP contribution in [0.2, 0.25) is 0 Å². The summed E-state index contributed by atoms with van der Waals surface area (Å²) in [5.41, 5.74) is -0.554. The van der Waals surface area contributed by atoms with Gasteiger partial charge in [0.25, 0.3) is 5.91 Å². The lowest BCUT2D eigenvalue weighted by molar-refractivity contribution is 0.0942. The van der Waals surface area contributed by atoms with Crippen LogP contribution < -0.4 is 5.32 Å². The summed E-state index contributed by atoms with van der Waals surface area (Å²) in [6.45, 7) is 1.77. The van der Waals surface area contributed by atoms with E-state index in [1.165, 1.54) is 0 Å². The summed E-state index contributed by atoms with van der Waals surface area (Å²) >= 11 is 0. The van der Waals surface area contributed by atoms with Gasteiger partial charge in [-0.05, 0) is 31.2 Å². The van der Waals surface area contributed by atoms with Crippen molar-refractivity contribution in [3.05, 3.63) is 58.8 Å². The van der Waals surface area contributed by atoms with E-state index in [0.29, 0.717) is 17.6 Å². The molecule has 0 unspecified atom stereocenters. The molecule has 0 aliphatic rings. The van der Waals surface area contributed by atoms with E-state index in [0.717, 1.165) is 6.07 Å².